The Balaban J connectivity index is 1.99. The summed E-state index contributed by atoms with van der Waals surface area (Å²) >= 11 is 5.39. The molecule has 1 aromatic rings. The average molecular weight is 287 g/mol. The first-order valence-electron chi connectivity index (χ1n) is 5.38. The predicted octanol–water partition coefficient (Wildman–Crippen LogP) is 3.91. The van der Waals surface area contributed by atoms with Gasteiger partial charge in [0.15, 0.2) is 0 Å². The summed E-state index contributed by atoms with van der Waals surface area (Å²) in [5.41, 5.74) is 0. The normalized spacial score (nSPS) is 26.5. The monoisotopic (exact) mass is 286 g/mol. The van der Waals surface area contributed by atoms with Crippen molar-refractivity contribution in [3.8, 4) is 0 Å². The molecule has 2 unspecified atom stereocenters. The molecule has 1 fully saturated rings. The molecule has 1 aliphatic rings. The van der Waals surface area contributed by atoms with Crippen LogP contribution in [0, 0.1) is 5.92 Å². The molecule has 4 heteroatoms. The number of aromatic nitrogens is 2. The fourth-order valence-electron chi connectivity index (χ4n) is 2.03. The fraction of sp³-hybridized carbons (Fsp3) is 0.636. The van der Waals surface area contributed by atoms with Crippen molar-refractivity contribution in [2.75, 3.05) is 0 Å². The van der Waals surface area contributed by atoms with E-state index in [1.807, 2.05) is 18.0 Å². The third kappa shape index (κ3) is 3.18. The van der Waals surface area contributed by atoms with Crippen LogP contribution in [0.15, 0.2) is 22.0 Å². The smallest absolute Gasteiger partial charge is 0.116 e. The zero-order valence-electron chi connectivity index (χ0n) is 8.82. The van der Waals surface area contributed by atoms with E-state index in [1.165, 1.54) is 25.7 Å². The fourth-order valence-corrected chi connectivity index (χ4v) is 3.83. The lowest BCUT2D eigenvalue weighted by Crippen LogP contribution is -2.15. The van der Waals surface area contributed by atoms with E-state index in [0.29, 0.717) is 0 Å². The van der Waals surface area contributed by atoms with Gasteiger partial charge in [-0.2, -0.15) is 0 Å². The largest absolute Gasteiger partial charge is 0.244 e. The van der Waals surface area contributed by atoms with Crippen molar-refractivity contribution in [1.29, 1.82) is 0 Å². The molecule has 0 aromatic carbocycles. The summed E-state index contributed by atoms with van der Waals surface area (Å²) in [7, 11) is 0. The zero-order chi connectivity index (χ0) is 10.7. The Kier molecular flexibility index (Phi) is 4.03. The molecule has 0 spiro atoms. The molecule has 82 valence electrons. The maximum Gasteiger partial charge on any atom is 0.116 e. The van der Waals surface area contributed by atoms with Crippen molar-refractivity contribution in [2.45, 2.75) is 42.9 Å². The van der Waals surface area contributed by atoms with E-state index in [-0.39, 0.29) is 0 Å². The SMILES string of the molecule is CC1CCCC(Sc2ncncc2Br)C1. The van der Waals surface area contributed by atoms with Crippen LogP contribution in [-0.4, -0.2) is 15.2 Å². The van der Waals surface area contributed by atoms with Crippen LogP contribution in [0.25, 0.3) is 0 Å². The predicted molar refractivity (Wildman–Crippen MR) is 67.0 cm³/mol. The van der Waals surface area contributed by atoms with E-state index in [0.717, 1.165) is 20.7 Å². The lowest BCUT2D eigenvalue weighted by molar-refractivity contribution is 0.394. The Bertz CT molecular complexity index is 332. The number of thioether (sulfide) groups is 1. The molecule has 1 aliphatic carbocycles. The highest BCUT2D eigenvalue weighted by Crippen LogP contribution is 2.37. The molecule has 1 aromatic heterocycles. The van der Waals surface area contributed by atoms with E-state index in [9.17, 15) is 0 Å². The van der Waals surface area contributed by atoms with Gasteiger partial charge >= 0.3 is 0 Å². The van der Waals surface area contributed by atoms with Crippen LogP contribution < -0.4 is 0 Å². The molecular weight excluding hydrogens is 272 g/mol. The molecule has 2 nitrogen and oxygen atoms in total. The van der Waals surface area contributed by atoms with E-state index in [4.69, 9.17) is 0 Å². The van der Waals surface area contributed by atoms with Gasteiger partial charge in [0, 0.05) is 11.4 Å². The van der Waals surface area contributed by atoms with Crippen LogP contribution >= 0.6 is 27.7 Å². The molecule has 2 atom stereocenters. The van der Waals surface area contributed by atoms with Crippen LogP contribution in [0.3, 0.4) is 0 Å². The Morgan fingerprint density at radius 2 is 2.33 bits per heavy atom. The molecule has 1 saturated carbocycles. The number of hydrogen-bond acceptors (Lipinski definition) is 3. The summed E-state index contributed by atoms with van der Waals surface area (Å²) in [6.07, 6.45) is 8.84. The standard InChI is InChI=1S/C11H15BrN2S/c1-8-3-2-4-9(5-8)15-11-10(12)6-13-7-14-11/h6-9H,2-5H2,1H3. The quantitative estimate of drug-likeness (QED) is 0.771. The van der Waals surface area contributed by atoms with E-state index < -0.39 is 0 Å². The average Bonchev–Trinajstić information content (AvgIpc) is 2.22. The lowest BCUT2D eigenvalue weighted by Gasteiger charge is -2.25. The number of hydrogen-bond donors (Lipinski definition) is 0. The van der Waals surface area contributed by atoms with Crippen molar-refractivity contribution < 1.29 is 0 Å². The lowest BCUT2D eigenvalue weighted by atomic mass is 9.91. The first-order chi connectivity index (χ1) is 7.25. The van der Waals surface area contributed by atoms with Gasteiger partial charge in [-0.1, -0.05) is 19.8 Å². The molecule has 1 heterocycles. The molecule has 0 bridgehead atoms. The van der Waals surface area contributed by atoms with Crippen LogP contribution in [-0.2, 0) is 0 Å². The summed E-state index contributed by atoms with van der Waals surface area (Å²) in [5, 5.41) is 1.82. The van der Waals surface area contributed by atoms with Crippen LogP contribution in [0.2, 0.25) is 0 Å². The Hall–Kier alpha value is -0.0900. The summed E-state index contributed by atoms with van der Waals surface area (Å²) in [4.78, 5) is 8.28. The van der Waals surface area contributed by atoms with Gasteiger partial charge in [-0.05, 0) is 34.7 Å². The van der Waals surface area contributed by atoms with E-state index >= 15 is 0 Å². The van der Waals surface area contributed by atoms with Gasteiger partial charge in [0.05, 0.1) is 4.47 Å². The topological polar surface area (TPSA) is 25.8 Å². The second-order valence-electron chi connectivity index (χ2n) is 4.19. The van der Waals surface area contributed by atoms with Gasteiger partial charge in [0.25, 0.3) is 0 Å². The van der Waals surface area contributed by atoms with Crippen molar-refractivity contribution in [3.05, 3.63) is 17.0 Å². The minimum atomic E-state index is 0.736. The molecule has 0 saturated heterocycles. The van der Waals surface area contributed by atoms with Crippen LogP contribution in [0.5, 0.6) is 0 Å². The second-order valence-corrected chi connectivity index (χ2v) is 6.33. The maximum absolute atomic E-state index is 4.30. The van der Waals surface area contributed by atoms with Crippen LogP contribution in [0.4, 0.5) is 0 Å². The maximum atomic E-state index is 4.30. The van der Waals surface area contributed by atoms with Crippen molar-refractivity contribution in [3.63, 3.8) is 0 Å². The Morgan fingerprint density at radius 3 is 3.07 bits per heavy atom. The molecular formula is C11H15BrN2S. The van der Waals surface area contributed by atoms with Gasteiger partial charge in [-0.3, -0.25) is 0 Å². The highest BCUT2D eigenvalue weighted by atomic mass is 79.9. The Labute approximate surface area is 103 Å². The molecule has 0 amide bonds. The summed E-state index contributed by atoms with van der Waals surface area (Å²) in [6.45, 7) is 2.35. The van der Waals surface area contributed by atoms with Gasteiger partial charge in [-0.15, -0.1) is 11.8 Å². The van der Waals surface area contributed by atoms with Crippen molar-refractivity contribution in [1.82, 2.24) is 9.97 Å². The van der Waals surface area contributed by atoms with Gasteiger partial charge in [0.1, 0.15) is 11.4 Å². The first-order valence-corrected chi connectivity index (χ1v) is 7.05. The summed E-state index contributed by atoms with van der Waals surface area (Å²) in [6, 6.07) is 0. The molecule has 15 heavy (non-hydrogen) atoms. The number of rotatable bonds is 2. The zero-order valence-corrected chi connectivity index (χ0v) is 11.2. The Morgan fingerprint density at radius 1 is 1.47 bits per heavy atom. The summed E-state index contributed by atoms with van der Waals surface area (Å²) < 4.78 is 1.02. The van der Waals surface area contributed by atoms with Gasteiger partial charge in [-0.25, -0.2) is 9.97 Å². The minimum absolute atomic E-state index is 0.736. The molecule has 0 N–H and O–H groups in total. The van der Waals surface area contributed by atoms with Gasteiger partial charge in [0.2, 0.25) is 0 Å². The molecule has 2 rings (SSSR count). The number of halogens is 1. The number of nitrogens with zero attached hydrogens (tertiary/aromatic N) is 2. The first kappa shape index (κ1) is 11.4. The molecule has 0 radical (unpaired) electrons. The molecule has 0 aliphatic heterocycles. The highest BCUT2D eigenvalue weighted by molar-refractivity contribution is 9.10. The highest BCUT2D eigenvalue weighted by Gasteiger charge is 2.20. The van der Waals surface area contributed by atoms with E-state index in [1.54, 1.807) is 6.33 Å². The summed E-state index contributed by atoms with van der Waals surface area (Å²) in [5.74, 6) is 0.872. The van der Waals surface area contributed by atoms with Gasteiger partial charge < -0.3 is 0 Å². The van der Waals surface area contributed by atoms with Crippen molar-refractivity contribution in [2.24, 2.45) is 5.92 Å². The third-order valence-corrected chi connectivity index (χ3v) is 4.95. The van der Waals surface area contributed by atoms with Crippen molar-refractivity contribution >= 4 is 27.7 Å². The second kappa shape index (κ2) is 5.30. The van der Waals surface area contributed by atoms with Crippen LogP contribution in [0.1, 0.15) is 32.6 Å². The third-order valence-electron chi connectivity index (χ3n) is 2.80. The van der Waals surface area contributed by atoms with E-state index in [2.05, 4.69) is 32.8 Å². The minimum Gasteiger partial charge on any atom is -0.244 e.